The third-order valence-corrected chi connectivity index (χ3v) is 5.43. The fourth-order valence-corrected chi connectivity index (χ4v) is 3.50. The highest BCUT2D eigenvalue weighted by Crippen LogP contribution is 2.08. The van der Waals surface area contributed by atoms with Crippen molar-refractivity contribution in [1.82, 2.24) is 4.90 Å². The highest BCUT2D eigenvalue weighted by atomic mass is 16.5. The topological polar surface area (TPSA) is 70.0 Å². The van der Waals surface area contributed by atoms with Crippen LogP contribution >= 0.6 is 0 Å². The zero-order valence-electron chi connectivity index (χ0n) is 20.4. The van der Waals surface area contributed by atoms with Gasteiger partial charge in [0.1, 0.15) is 0 Å². The number of ether oxygens (including phenoxy) is 1. The molecule has 31 heavy (non-hydrogen) atoms. The van der Waals surface area contributed by atoms with E-state index in [9.17, 15) is 9.90 Å². The molecule has 0 saturated carbocycles. The van der Waals surface area contributed by atoms with Crippen LogP contribution in [0.2, 0.25) is 0 Å². The molecule has 2 N–H and O–H groups in total. The van der Waals surface area contributed by atoms with E-state index in [0.29, 0.717) is 13.0 Å². The molecule has 0 aromatic carbocycles. The number of unbranched alkanes of at least 4 members (excludes halogenated alkanes) is 9. The zero-order chi connectivity index (χ0) is 23.0. The summed E-state index contributed by atoms with van der Waals surface area (Å²) in [4.78, 5) is 14.1. The molecule has 0 aromatic rings. The standard InChI is InChI=1S/C26H49NO4/c1-3-5-7-8-9-10-11-17-23-31-26(30)19-13-12-14-20-27(21-15-16-22-28)24-25(29)18-6-4-2/h25,28-29H,3-10,12-16,18-24H2,1-2H3. The van der Waals surface area contributed by atoms with Gasteiger partial charge in [-0.15, -0.1) is 0 Å². The van der Waals surface area contributed by atoms with Crippen molar-refractivity contribution in [1.29, 1.82) is 0 Å². The van der Waals surface area contributed by atoms with Gasteiger partial charge in [-0.3, -0.25) is 4.79 Å². The van der Waals surface area contributed by atoms with E-state index in [2.05, 4.69) is 30.6 Å². The number of carbonyl (C=O) groups excluding carboxylic acids is 1. The molecule has 0 fully saturated rings. The molecule has 0 heterocycles. The maximum absolute atomic E-state index is 11.8. The van der Waals surface area contributed by atoms with Gasteiger partial charge in [0, 0.05) is 26.0 Å². The third-order valence-electron chi connectivity index (χ3n) is 5.43. The van der Waals surface area contributed by atoms with Gasteiger partial charge < -0.3 is 19.8 Å². The number of nitrogens with zero attached hydrogens (tertiary/aromatic N) is 1. The van der Waals surface area contributed by atoms with Gasteiger partial charge in [0.15, 0.2) is 6.61 Å². The molecular formula is C26H49NO4. The maximum atomic E-state index is 11.8. The minimum atomic E-state index is -0.276. The van der Waals surface area contributed by atoms with Crippen LogP contribution in [0.15, 0.2) is 0 Å². The molecule has 1 atom stereocenters. The molecule has 5 heteroatoms. The summed E-state index contributed by atoms with van der Waals surface area (Å²) >= 11 is 0. The van der Waals surface area contributed by atoms with Crippen molar-refractivity contribution < 1.29 is 19.7 Å². The number of hydrogen-bond acceptors (Lipinski definition) is 5. The average molecular weight is 440 g/mol. The lowest BCUT2D eigenvalue weighted by molar-refractivity contribution is -0.142. The summed E-state index contributed by atoms with van der Waals surface area (Å²) in [5, 5.41) is 19.2. The summed E-state index contributed by atoms with van der Waals surface area (Å²) in [5.41, 5.74) is 0. The Balaban J connectivity index is 3.84. The highest BCUT2D eigenvalue weighted by molar-refractivity contribution is 5.69. The van der Waals surface area contributed by atoms with Crippen molar-refractivity contribution in [3.8, 4) is 11.8 Å². The molecule has 0 spiro atoms. The van der Waals surface area contributed by atoms with Gasteiger partial charge in [-0.1, -0.05) is 70.6 Å². The SMILES string of the molecule is CCCCCCCC#CCOC(=O)CCCCCN(CCCCO)CC(O)CCCC. The molecular weight excluding hydrogens is 390 g/mol. The number of aliphatic hydroxyl groups excluding tert-OH is 2. The fourth-order valence-electron chi connectivity index (χ4n) is 3.50. The van der Waals surface area contributed by atoms with Crippen LogP contribution in [0.4, 0.5) is 0 Å². The first-order chi connectivity index (χ1) is 15.1. The maximum Gasteiger partial charge on any atom is 0.306 e. The Morgan fingerprint density at radius 3 is 2.26 bits per heavy atom. The highest BCUT2D eigenvalue weighted by Gasteiger charge is 2.11. The normalized spacial score (nSPS) is 11.9. The second-order valence-electron chi connectivity index (χ2n) is 8.52. The van der Waals surface area contributed by atoms with Gasteiger partial charge in [-0.25, -0.2) is 0 Å². The van der Waals surface area contributed by atoms with E-state index < -0.39 is 0 Å². The monoisotopic (exact) mass is 439 g/mol. The number of hydrogen-bond donors (Lipinski definition) is 2. The third kappa shape index (κ3) is 21.9. The molecule has 0 aromatic heterocycles. The largest absolute Gasteiger partial charge is 0.452 e. The molecule has 0 amide bonds. The Labute approximate surface area is 191 Å². The van der Waals surface area contributed by atoms with Crippen LogP contribution in [0.1, 0.15) is 110 Å². The van der Waals surface area contributed by atoms with Gasteiger partial charge in [0.2, 0.25) is 0 Å². The smallest absolute Gasteiger partial charge is 0.306 e. The first-order valence-corrected chi connectivity index (χ1v) is 12.8. The Kier molecular flexibility index (Phi) is 22.7. The predicted octanol–water partition coefficient (Wildman–Crippen LogP) is 5.08. The van der Waals surface area contributed by atoms with Crippen LogP contribution in [0, 0.1) is 11.8 Å². The zero-order valence-corrected chi connectivity index (χ0v) is 20.4. The van der Waals surface area contributed by atoms with Crippen LogP contribution in [0.5, 0.6) is 0 Å². The Morgan fingerprint density at radius 1 is 0.871 bits per heavy atom. The van der Waals surface area contributed by atoms with Crippen molar-refractivity contribution in [2.45, 2.75) is 116 Å². The molecule has 0 rings (SSSR count). The van der Waals surface area contributed by atoms with E-state index in [1.807, 2.05) is 0 Å². The summed E-state index contributed by atoms with van der Waals surface area (Å²) in [7, 11) is 0. The van der Waals surface area contributed by atoms with E-state index in [0.717, 1.165) is 77.3 Å². The van der Waals surface area contributed by atoms with Crippen molar-refractivity contribution in [3.05, 3.63) is 0 Å². The van der Waals surface area contributed by atoms with E-state index >= 15 is 0 Å². The van der Waals surface area contributed by atoms with Crippen molar-refractivity contribution >= 4 is 5.97 Å². The summed E-state index contributed by atoms with van der Waals surface area (Å²) in [6.45, 7) is 7.31. The molecule has 5 nitrogen and oxygen atoms in total. The lowest BCUT2D eigenvalue weighted by atomic mass is 10.1. The second kappa shape index (κ2) is 23.6. The van der Waals surface area contributed by atoms with E-state index in [-0.39, 0.29) is 25.3 Å². The average Bonchev–Trinajstić information content (AvgIpc) is 2.76. The van der Waals surface area contributed by atoms with Crippen LogP contribution in [-0.4, -0.2) is 60.0 Å². The lowest BCUT2D eigenvalue weighted by Crippen LogP contribution is -2.34. The molecule has 0 saturated heterocycles. The molecule has 0 radical (unpaired) electrons. The first kappa shape index (κ1) is 29.9. The molecule has 0 aliphatic heterocycles. The summed E-state index contributed by atoms with van der Waals surface area (Å²) < 4.78 is 5.19. The van der Waals surface area contributed by atoms with Crippen LogP contribution < -0.4 is 0 Å². The quantitative estimate of drug-likeness (QED) is 0.148. The van der Waals surface area contributed by atoms with Gasteiger partial charge in [0.25, 0.3) is 0 Å². The summed E-state index contributed by atoms with van der Waals surface area (Å²) in [6, 6.07) is 0. The van der Waals surface area contributed by atoms with Crippen LogP contribution in [-0.2, 0) is 9.53 Å². The van der Waals surface area contributed by atoms with Gasteiger partial charge >= 0.3 is 5.97 Å². The van der Waals surface area contributed by atoms with Crippen molar-refractivity contribution in [3.63, 3.8) is 0 Å². The lowest BCUT2D eigenvalue weighted by Gasteiger charge is -2.25. The van der Waals surface area contributed by atoms with E-state index in [4.69, 9.17) is 9.84 Å². The molecule has 0 aliphatic carbocycles. The van der Waals surface area contributed by atoms with Crippen molar-refractivity contribution in [2.24, 2.45) is 0 Å². The molecule has 182 valence electrons. The second-order valence-corrected chi connectivity index (χ2v) is 8.52. The van der Waals surface area contributed by atoms with Crippen LogP contribution in [0.3, 0.4) is 0 Å². The number of rotatable bonds is 21. The van der Waals surface area contributed by atoms with Crippen LogP contribution in [0.25, 0.3) is 0 Å². The van der Waals surface area contributed by atoms with E-state index in [1.54, 1.807) is 0 Å². The van der Waals surface area contributed by atoms with Gasteiger partial charge in [-0.05, 0) is 51.6 Å². The number of esters is 1. The minimum Gasteiger partial charge on any atom is -0.452 e. The first-order valence-electron chi connectivity index (χ1n) is 12.8. The van der Waals surface area contributed by atoms with Gasteiger partial charge in [-0.2, -0.15) is 0 Å². The fraction of sp³-hybridized carbons (Fsp3) is 0.885. The Hall–Kier alpha value is -1.09. The summed E-state index contributed by atoms with van der Waals surface area (Å²) in [6.07, 6.45) is 14.8. The van der Waals surface area contributed by atoms with Crippen molar-refractivity contribution in [2.75, 3.05) is 32.8 Å². The Morgan fingerprint density at radius 2 is 1.55 bits per heavy atom. The number of carbonyl (C=O) groups is 1. The molecule has 0 aliphatic rings. The Bertz CT molecular complexity index is 458. The van der Waals surface area contributed by atoms with Gasteiger partial charge in [0.05, 0.1) is 6.10 Å². The van der Waals surface area contributed by atoms with E-state index in [1.165, 1.54) is 25.7 Å². The minimum absolute atomic E-state index is 0.160. The summed E-state index contributed by atoms with van der Waals surface area (Å²) in [5.74, 6) is 5.87. The molecule has 0 bridgehead atoms. The number of aliphatic hydroxyl groups is 2. The molecule has 1 unspecified atom stereocenters. The predicted molar refractivity (Wildman–Crippen MR) is 129 cm³/mol.